The van der Waals surface area contributed by atoms with Crippen molar-refractivity contribution in [1.82, 2.24) is 9.97 Å². The number of benzene rings is 9. The number of aryl methyl sites for hydroxylation is 2. The second-order valence-electron chi connectivity index (χ2n) is 13.3. The summed E-state index contributed by atoms with van der Waals surface area (Å²) in [5.74, 6) is 0. The van der Waals surface area contributed by atoms with Crippen LogP contribution in [0.2, 0.25) is 0 Å². The highest BCUT2D eigenvalue weighted by Gasteiger charge is 2.11. The maximum Gasteiger partial charge on any atom is 0.0790 e. The molecule has 0 N–H and O–H groups in total. The largest absolute Gasteiger partial charge is 0.247 e. The Morgan fingerprint density at radius 2 is 0.517 bits per heavy atom. The molecule has 286 valence electrons. The smallest absolute Gasteiger partial charge is 0.0790 e. The minimum atomic E-state index is 1.07. The van der Waals surface area contributed by atoms with E-state index in [2.05, 4.69) is 141 Å². The quantitative estimate of drug-likeness (QED) is 0.114. The van der Waals surface area contributed by atoms with Crippen LogP contribution < -0.4 is 0 Å². The predicted molar refractivity (Wildman–Crippen MR) is 256 cm³/mol. The standard InChI is InChI=1S/C22H15N.C18H13N.2C6H6.2C2H6/c1-14-17-12-10-15-6-2-4-8-19(15)21(17)23-22-18(14)13-11-16-7-3-5-9-20(16)22;1-12-14-7-4-5-9-17(14)19-18-15(12)11-10-13-6-2-3-8-16(13)18;2*1-2-4-6-5-3-1;2*1-2/h2-13H,1H3;2-11H,1H3;2*1-6H;2*1-2H3. The fraction of sp³-hybridized carbons (Fsp3) is 0.107. The van der Waals surface area contributed by atoms with Crippen LogP contribution in [0.25, 0.3) is 75.9 Å². The highest BCUT2D eigenvalue weighted by Crippen LogP contribution is 2.34. The summed E-state index contributed by atoms with van der Waals surface area (Å²) in [4.78, 5) is 9.96. The van der Waals surface area contributed by atoms with Crippen molar-refractivity contribution in [3.05, 3.63) is 217 Å². The molecule has 0 unspecified atom stereocenters. The number of aromatic nitrogens is 2. The fourth-order valence-corrected chi connectivity index (χ4v) is 7.22. The first kappa shape index (κ1) is 40.8. The third kappa shape index (κ3) is 9.04. The first-order valence-corrected chi connectivity index (χ1v) is 20.4. The third-order valence-electron chi connectivity index (χ3n) is 10.0. The van der Waals surface area contributed by atoms with Crippen LogP contribution in [-0.2, 0) is 0 Å². The normalized spacial score (nSPS) is 10.2. The Bertz CT molecular complexity index is 2830. The van der Waals surface area contributed by atoms with E-state index in [-0.39, 0.29) is 0 Å². The second-order valence-corrected chi connectivity index (χ2v) is 13.3. The number of hydrogen-bond donors (Lipinski definition) is 0. The molecule has 11 aromatic rings. The van der Waals surface area contributed by atoms with E-state index in [0.29, 0.717) is 0 Å². The fourth-order valence-electron chi connectivity index (χ4n) is 7.22. The molecule has 0 aliphatic rings. The molecule has 9 aromatic carbocycles. The molecule has 0 bridgehead atoms. The summed E-state index contributed by atoms with van der Waals surface area (Å²) >= 11 is 0. The van der Waals surface area contributed by atoms with E-state index in [1.54, 1.807) is 0 Å². The number of fused-ring (bicyclic) bond motifs is 10. The van der Waals surface area contributed by atoms with Gasteiger partial charge >= 0.3 is 0 Å². The number of rotatable bonds is 0. The van der Waals surface area contributed by atoms with Gasteiger partial charge in [0.1, 0.15) is 0 Å². The van der Waals surface area contributed by atoms with Crippen LogP contribution in [0.15, 0.2) is 206 Å². The van der Waals surface area contributed by atoms with E-state index in [1.807, 2.05) is 107 Å². The van der Waals surface area contributed by atoms with E-state index in [0.717, 1.165) is 22.1 Å². The predicted octanol–water partition coefficient (Wildman–Crippen LogP) is 16.3. The molecule has 0 amide bonds. The second kappa shape index (κ2) is 20.3. The number of pyridine rings is 2. The molecular formula is C56H52N2. The minimum absolute atomic E-state index is 1.07. The Balaban J connectivity index is 0.000000144. The number of hydrogen-bond acceptors (Lipinski definition) is 2. The average molecular weight is 753 g/mol. The van der Waals surface area contributed by atoms with Gasteiger partial charge in [-0.15, -0.1) is 0 Å². The van der Waals surface area contributed by atoms with Gasteiger partial charge in [-0.25, -0.2) is 9.97 Å². The Morgan fingerprint density at radius 3 is 0.879 bits per heavy atom. The van der Waals surface area contributed by atoms with Gasteiger partial charge in [0.2, 0.25) is 0 Å². The van der Waals surface area contributed by atoms with Gasteiger partial charge in [0.15, 0.2) is 0 Å². The van der Waals surface area contributed by atoms with Gasteiger partial charge in [-0.2, -0.15) is 0 Å². The van der Waals surface area contributed by atoms with Gasteiger partial charge in [0, 0.05) is 37.7 Å². The first-order chi connectivity index (χ1) is 28.7. The lowest BCUT2D eigenvalue weighted by atomic mass is 9.97. The van der Waals surface area contributed by atoms with Gasteiger partial charge in [-0.05, 0) is 47.2 Å². The van der Waals surface area contributed by atoms with E-state index >= 15 is 0 Å². The molecule has 2 heterocycles. The maximum absolute atomic E-state index is 5.09. The third-order valence-corrected chi connectivity index (χ3v) is 10.0. The number of nitrogens with zero attached hydrogens (tertiary/aromatic N) is 2. The molecule has 11 rings (SSSR count). The Hall–Kier alpha value is -6.90. The summed E-state index contributed by atoms with van der Waals surface area (Å²) in [6, 6.07) is 70.9. The van der Waals surface area contributed by atoms with Gasteiger partial charge in [-0.3, -0.25) is 0 Å². The van der Waals surface area contributed by atoms with E-state index in [1.165, 1.54) is 65.0 Å². The van der Waals surface area contributed by atoms with Crippen molar-refractivity contribution in [2.24, 2.45) is 0 Å². The van der Waals surface area contributed by atoms with Gasteiger partial charge in [-0.1, -0.05) is 228 Å². The summed E-state index contributed by atoms with van der Waals surface area (Å²) in [7, 11) is 0. The topological polar surface area (TPSA) is 25.8 Å². The average Bonchev–Trinajstić information content (AvgIpc) is 3.32. The Morgan fingerprint density at radius 1 is 0.241 bits per heavy atom. The summed E-state index contributed by atoms with van der Waals surface area (Å²) in [6.07, 6.45) is 0. The van der Waals surface area contributed by atoms with Crippen LogP contribution >= 0.6 is 0 Å². The van der Waals surface area contributed by atoms with Crippen molar-refractivity contribution in [3.63, 3.8) is 0 Å². The van der Waals surface area contributed by atoms with E-state index in [9.17, 15) is 0 Å². The highest BCUT2D eigenvalue weighted by molar-refractivity contribution is 6.15. The van der Waals surface area contributed by atoms with Crippen molar-refractivity contribution in [1.29, 1.82) is 0 Å². The van der Waals surface area contributed by atoms with Gasteiger partial charge < -0.3 is 0 Å². The van der Waals surface area contributed by atoms with Crippen molar-refractivity contribution in [2.45, 2.75) is 41.5 Å². The summed E-state index contributed by atoms with van der Waals surface area (Å²) < 4.78 is 0. The van der Waals surface area contributed by atoms with Crippen LogP contribution in [-0.4, -0.2) is 9.97 Å². The Labute approximate surface area is 343 Å². The lowest BCUT2D eigenvalue weighted by Gasteiger charge is -2.11. The summed E-state index contributed by atoms with van der Waals surface area (Å²) in [6.45, 7) is 12.4. The van der Waals surface area contributed by atoms with Crippen LogP contribution in [0.3, 0.4) is 0 Å². The van der Waals surface area contributed by atoms with Crippen molar-refractivity contribution >= 4 is 75.9 Å². The molecule has 0 radical (unpaired) electrons. The van der Waals surface area contributed by atoms with Gasteiger partial charge in [0.25, 0.3) is 0 Å². The van der Waals surface area contributed by atoms with Crippen LogP contribution in [0.4, 0.5) is 0 Å². The molecule has 58 heavy (non-hydrogen) atoms. The Kier molecular flexibility index (Phi) is 14.3. The van der Waals surface area contributed by atoms with E-state index < -0.39 is 0 Å². The molecule has 2 heteroatoms. The van der Waals surface area contributed by atoms with Gasteiger partial charge in [0.05, 0.1) is 22.1 Å². The summed E-state index contributed by atoms with van der Waals surface area (Å²) in [5, 5.41) is 12.4. The molecule has 0 saturated heterocycles. The zero-order valence-corrected chi connectivity index (χ0v) is 34.5. The molecule has 2 nitrogen and oxygen atoms in total. The highest BCUT2D eigenvalue weighted by atomic mass is 14.7. The minimum Gasteiger partial charge on any atom is -0.247 e. The van der Waals surface area contributed by atoms with Crippen LogP contribution in [0, 0.1) is 13.8 Å². The van der Waals surface area contributed by atoms with Crippen LogP contribution in [0.5, 0.6) is 0 Å². The molecule has 0 atom stereocenters. The van der Waals surface area contributed by atoms with Crippen molar-refractivity contribution < 1.29 is 0 Å². The number of para-hydroxylation sites is 1. The van der Waals surface area contributed by atoms with E-state index in [4.69, 9.17) is 9.97 Å². The molecular weight excluding hydrogens is 701 g/mol. The molecule has 0 spiro atoms. The van der Waals surface area contributed by atoms with Crippen molar-refractivity contribution in [2.75, 3.05) is 0 Å². The molecule has 0 aliphatic carbocycles. The lowest BCUT2D eigenvalue weighted by Crippen LogP contribution is -1.90. The maximum atomic E-state index is 5.09. The first-order valence-electron chi connectivity index (χ1n) is 20.4. The monoisotopic (exact) mass is 752 g/mol. The molecule has 0 saturated carbocycles. The van der Waals surface area contributed by atoms with Crippen LogP contribution in [0.1, 0.15) is 38.8 Å². The SMILES string of the molecule is CC.CC.Cc1c2ccc3ccccc3c2nc2c1ccc1ccccc12.Cc1c2ccccc2nc2c1ccc1ccccc12.c1ccccc1.c1ccccc1. The molecule has 2 aromatic heterocycles. The zero-order chi connectivity index (χ0) is 40.7. The van der Waals surface area contributed by atoms with Crippen molar-refractivity contribution in [3.8, 4) is 0 Å². The molecule has 0 aliphatic heterocycles. The lowest BCUT2D eigenvalue weighted by molar-refractivity contribution is 1.47. The zero-order valence-electron chi connectivity index (χ0n) is 34.5. The molecule has 0 fully saturated rings. The summed E-state index contributed by atoms with van der Waals surface area (Å²) in [5.41, 5.74) is 7.00.